The van der Waals surface area contributed by atoms with Crippen molar-refractivity contribution >= 4 is 6.03 Å². The van der Waals surface area contributed by atoms with Crippen LogP contribution in [0.1, 0.15) is 31.4 Å². The first-order valence-electron chi connectivity index (χ1n) is 9.52. The van der Waals surface area contributed by atoms with Gasteiger partial charge >= 0.3 is 6.03 Å². The molecule has 0 aromatic heterocycles. The lowest BCUT2D eigenvalue weighted by molar-refractivity contribution is 0.194. The van der Waals surface area contributed by atoms with Crippen LogP contribution in [0.4, 0.5) is 4.79 Å². The van der Waals surface area contributed by atoms with E-state index in [0.717, 1.165) is 39.1 Å². The molecule has 2 heterocycles. The summed E-state index contributed by atoms with van der Waals surface area (Å²) in [5, 5.41) is 3.23. The van der Waals surface area contributed by atoms with Gasteiger partial charge in [0.05, 0.1) is 0 Å². The predicted molar refractivity (Wildman–Crippen MR) is 102 cm³/mol. The van der Waals surface area contributed by atoms with E-state index >= 15 is 0 Å². The summed E-state index contributed by atoms with van der Waals surface area (Å²) in [4.78, 5) is 19.2. The number of hydrogen-bond acceptors (Lipinski definition) is 3. The number of likely N-dealkylation sites (tertiary alicyclic amines) is 2. The molecule has 3 atom stereocenters. The van der Waals surface area contributed by atoms with Gasteiger partial charge in [-0.1, -0.05) is 30.3 Å². The molecule has 3 rings (SSSR count). The van der Waals surface area contributed by atoms with Crippen molar-refractivity contribution in [1.29, 1.82) is 0 Å². The maximum Gasteiger partial charge on any atom is 0.317 e. The van der Waals surface area contributed by atoms with Gasteiger partial charge in [-0.25, -0.2) is 4.79 Å². The first kappa shape index (κ1) is 18.2. The molecule has 0 radical (unpaired) electrons. The van der Waals surface area contributed by atoms with Crippen molar-refractivity contribution in [3.63, 3.8) is 0 Å². The highest BCUT2D eigenvalue weighted by Crippen LogP contribution is 2.24. The zero-order valence-electron chi connectivity index (χ0n) is 15.8. The van der Waals surface area contributed by atoms with Gasteiger partial charge in [0.1, 0.15) is 0 Å². The van der Waals surface area contributed by atoms with E-state index in [1.807, 2.05) is 11.9 Å². The van der Waals surface area contributed by atoms with Crippen LogP contribution in [0.5, 0.6) is 0 Å². The number of nitrogens with zero attached hydrogens (tertiary/aromatic N) is 3. The quantitative estimate of drug-likeness (QED) is 0.892. The Morgan fingerprint density at radius 3 is 2.68 bits per heavy atom. The van der Waals surface area contributed by atoms with E-state index in [0.29, 0.717) is 12.0 Å². The summed E-state index contributed by atoms with van der Waals surface area (Å²) in [5.74, 6) is 0.610. The van der Waals surface area contributed by atoms with Crippen molar-refractivity contribution in [3.8, 4) is 0 Å². The zero-order valence-corrected chi connectivity index (χ0v) is 15.8. The highest BCUT2D eigenvalue weighted by atomic mass is 16.2. The second-order valence-corrected chi connectivity index (χ2v) is 7.81. The summed E-state index contributed by atoms with van der Waals surface area (Å²) in [5.41, 5.74) is 1.34. The van der Waals surface area contributed by atoms with E-state index in [4.69, 9.17) is 0 Å². The van der Waals surface area contributed by atoms with Crippen LogP contribution in [0, 0.1) is 5.92 Å². The van der Waals surface area contributed by atoms with Crippen LogP contribution >= 0.6 is 0 Å². The van der Waals surface area contributed by atoms with Gasteiger partial charge in [-0.05, 0) is 44.8 Å². The van der Waals surface area contributed by atoms with Crippen molar-refractivity contribution in [2.75, 3.05) is 46.8 Å². The second kappa shape index (κ2) is 8.19. The molecule has 5 heteroatoms. The minimum atomic E-state index is 0.0776. The Hall–Kier alpha value is -1.59. The van der Waals surface area contributed by atoms with Crippen molar-refractivity contribution in [3.05, 3.63) is 35.9 Å². The van der Waals surface area contributed by atoms with Crippen molar-refractivity contribution < 1.29 is 4.79 Å². The molecule has 2 aliphatic heterocycles. The van der Waals surface area contributed by atoms with E-state index < -0.39 is 0 Å². The lowest BCUT2D eigenvalue weighted by atomic mass is 10.1. The molecule has 1 N–H and O–H groups in total. The average molecular weight is 345 g/mol. The van der Waals surface area contributed by atoms with Crippen molar-refractivity contribution in [2.45, 2.75) is 31.8 Å². The third-order valence-corrected chi connectivity index (χ3v) is 5.74. The van der Waals surface area contributed by atoms with Crippen molar-refractivity contribution in [2.24, 2.45) is 5.92 Å². The molecule has 25 heavy (non-hydrogen) atoms. The number of carbonyl (C=O) groups excluding carboxylic acids is 1. The fourth-order valence-corrected chi connectivity index (χ4v) is 4.13. The molecule has 0 aliphatic carbocycles. The summed E-state index contributed by atoms with van der Waals surface area (Å²) < 4.78 is 0. The number of benzene rings is 1. The SMILES string of the molecule is C[C@H](c1ccccc1)N1CC[C@H](NC(=O)N(C)C[C@H]2CCN(C)C2)C1. The van der Waals surface area contributed by atoms with Gasteiger partial charge in [0, 0.05) is 45.3 Å². The maximum atomic E-state index is 12.5. The van der Waals surface area contributed by atoms with Crippen LogP contribution < -0.4 is 5.32 Å². The lowest BCUT2D eigenvalue weighted by Crippen LogP contribution is -2.45. The molecule has 2 amide bonds. The second-order valence-electron chi connectivity index (χ2n) is 7.81. The van der Waals surface area contributed by atoms with Crippen LogP contribution in [0.15, 0.2) is 30.3 Å². The summed E-state index contributed by atoms with van der Waals surface area (Å²) >= 11 is 0. The van der Waals surface area contributed by atoms with Crippen LogP contribution in [0.3, 0.4) is 0 Å². The molecule has 0 bridgehead atoms. The minimum absolute atomic E-state index is 0.0776. The summed E-state index contributed by atoms with van der Waals surface area (Å²) in [6, 6.07) is 11.3. The first-order chi connectivity index (χ1) is 12.0. The molecule has 2 fully saturated rings. The number of urea groups is 1. The van der Waals surface area contributed by atoms with Crippen LogP contribution in [-0.2, 0) is 0 Å². The fourth-order valence-electron chi connectivity index (χ4n) is 4.13. The molecule has 1 aromatic carbocycles. The van der Waals surface area contributed by atoms with Crippen molar-refractivity contribution in [1.82, 2.24) is 20.0 Å². The topological polar surface area (TPSA) is 38.8 Å². The minimum Gasteiger partial charge on any atom is -0.334 e. The lowest BCUT2D eigenvalue weighted by Gasteiger charge is -2.26. The van der Waals surface area contributed by atoms with Gasteiger partial charge in [0.25, 0.3) is 0 Å². The molecular weight excluding hydrogens is 312 g/mol. The Balaban J connectivity index is 1.45. The molecular formula is C20H32N4O. The number of hydrogen-bond donors (Lipinski definition) is 1. The highest BCUT2D eigenvalue weighted by molar-refractivity contribution is 5.74. The standard InChI is InChI=1S/C20H32N4O/c1-16(18-7-5-4-6-8-18)24-12-10-19(15-24)21-20(25)23(3)14-17-9-11-22(2)13-17/h4-8,16-17,19H,9-15H2,1-3H3,(H,21,25)/t16-,17+,19+/m1/s1. The highest BCUT2D eigenvalue weighted by Gasteiger charge is 2.29. The molecule has 0 saturated carbocycles. The Kier molecular flexibility index (Phi) is 5.97. The van der Waals surface area contributed by atoms with Gasteiger partial charge < -0.3 is 15.1 Å². The van der Waals surface area contributed by atoms with Gasteiger partial charge in [-0.3, -0.25) is 4.90 Å². The summed E-state index contributed by atoms with van der Waals surface area (Å²) in [6.07, 6.45) is 2.23. The van der Waals surface area contributed by atoms with E-state index in [1.165, 1.54) is 12.0 Å². The number of carbonyl (C=O) groups is 1. The molecule has 2 aliphatic rings. The summed E-state index contributed by atoms with van der Waals surface area (Å²) in [7, 11) is 4.08. The van der Waals surface area contributed by atoms with E-state index in [9.17, 15) is 4.79 Å². The van der Waals surface area contributed by atoms with E-state index in [2.05, 4.69) is 59.4 Å². The van der Waals surface area contributed by atoms with Gasteiger partial charge in [0.15, 0.2) is 0 Å². The maximum absolute atomic E-state index is 12.5. The Morgan fingerprint density at radius 2 is 2.00 bits per heavy atom. The molecule has 138 valence electrons. The van der Waals surface area contributed by atoms with E-state index in [-0.39, 0.29) is 12.1 Å². The van der Waals surface area contributed by atoms with Gasteiger partial charge in [-0.2, -0.15) is 0 Å². The largest absolute Gasteiger partial charge is 0.334 e. The van der Waals surface area contributed by atoms with Crippen LogP contribution in [-0.4, -0.2) is 73.6 Å². The van der Waals surface area contributed by atoms with Crippen LogP contribution in [0.2, 0.25) is 0 Å². The third kappa shape index (κ3) is 4.73. The predicted octanol–water partition coefficient (Wildman–Crippen LogP) is 2.42. The van der Waals surface area contributed by atoms with Gasteiger partial charge in [-0.15, -0.1) is 0 Å². The number of amides is 2. The molecule has 2 saturated heterocycles. The molecule has 0 unspecified atom stereocenters. The third-order valence-electron chi connectivity index (χ3n) is 5.74. The molecule has 5 nitrogen and oxygen atoms in total. The average Bonchev–Trinajstić information content (AvgIpc) is 3.24. The fraction of sp³-hybridized carbons (Fsp3) is 0.650. The van der Waals surface area contributed by atoms with E-state index in [1.54, 1.807) is 0 Å². The Morgan fingerprint density at radius 1 is 1.24 bits per heavy atom. The zero-order chi connectivity index (χ0) is 17.8. The molecule has 0 spiro atoms. The first-order valence-corrected chi connectivity index (χ1v) is 9.52. The van der Waals surface area contributed by atoms with Crippen LogP contribution in [0.25, 0.3) is 0 Å². The summed E-state index contributed by atoms with van der Waals surface area (Å²) in [6.45, 7) is 7.33. The number of rotatable bonds is 5. The smallest absolute Gasteiger partial charge is 0.317 e. The molecule has 1 aromatic rings. The monoisotopic (exact) mass is 344 g/mol. The Labute approximate surface area is 152 Å². The number of nitrogens with one attached hydrogen (secondary N) is 1. The Bertz CT molecular complexity index is 564. The normalized spacial score (nSPS) is 25.9. The van der Waals surface area contributed by atoms with Gasteiger partial charge in [0.2, 0.25) is 0 Å².